The van der Waals surface area contributed by atoms with Crippen LogP contribution in [0.5, 0.6) is 0 Å². The first-order valence-corrected chi connectivity index (χ1v) is 28.6. The van der Waals surface area contributed by atoms with Gasteiger partial charge >= 0.3 is 0 Å². The number of aliphatic hydroxyl groups excluding tert-OH is 7. The predicted molar refractivity (Wildman–Crippen MR) is 275 cm³/mol. The Hall–Kier alpha value is -1.15. The van der Waals surface area contributed by atoms with Gasteiger partial charge in [0.15, 0.2) is 6.29 Å². The van der Waals surface area contributed by atoms with E-state index >= 15 is 0 Å². The molecule has 0 radical (unpaired) electrons. The van der Waals surface area contributed by atoms with Gasteiger partial charge < -0.3 is 50.5 Å². The number of rotatable bonds is 49. The molecule has 1 fully saturated rings. The maximum atomic E-state index is 13.1. The lowest BCUT2D eigenvalue weighted by molar-refractivity contribution is -0.303. The first-order valence-electron chi connectivity index (χ1n) is 28.6. The van der Waals surface area contributed by atoms with E-state index in [9.17, 15) is 40.5 Å². The van der Waals surface area contributed by atoms with Crippen molar-refractivity contribution in [1.82, 2.24) is 5.32 Å². The molecule has 11 heteroatoms. The van der Waals surface area contributed by atoms with Crippen LogP contribution in [0.1, 0.15) is 271 Å². The second kappa shape index (κ2) is 46.0. The number of hydrogen-bond acceptors (Lipinski definition) is 10. The molecule has 1 heterocycles. The van der Waals surface area contributed by atoms with E-state index in [0.717, 1.165) is 38.5 Å². The molecule has 0 aromatic rings. The molecular weight excluding hydrogens is 847 g/mol. The van der Waals surface area contributed by atoms with Gasteiger partial charge in [-0.2, -0.15) is 0 Å². The minimum absolute atomic E-state index is 0.257. The van der Waals surface area contributed by atoms with Crippen LogP contribution in [0.4, 0.5) is 0 Å². The number of aliphatic hydroxyl groups is 7. The number of carbonyl (C=O) groups excluding carboxylic acids is 1. The number of hydrogen-bond donors (Lipinski definition) is 8. The van der Waals surface area contributed by atoms with Crippen LogP contribution >= 0.6 is 0 Å². The van der Waals surface area contributed by atoms with E-state index in [-0.39, 0.29) is 12.8 Å². The number of ether oxygens (including phenoxy) is 2. The summed E-state index contributed by atoms with van der Waals surface area (Å²) in [5.41, 5.74) is 0. The highest BCUT2D eigenvalue weighted by atomic mass is 16.7. The second-order valence-electron chi connectivity index (χ2n) is 20.4. The van der Waals surface area contributed by atoms with Gasteiger partial charge in [-0.3, -0.25) is 4.79 Å². The van der Waals surface area contributed by atoms with Crippen molar-refractivity contribution in [3.63, 3.8) is 0 Å². The van der Waals surface area contributed by atoms with Gasteiger partial charge in [0.25, 0.3) is 0 Å². The molecule has 0 saturated carbocycles. The Morgan fingerprint density at radius 1 is 0.507 bits per heavy atom. The Morgan fingerprint density at radius 3 is 1.28 bits per heavy atom. The van der Waals surface area contributed by atoms with Crippen molar-refractivity contribution in [2.45, 2.75) is 326 Å². The third-order valence-corrected chi connectivity index (χ3v) is 14.1. The highest BCUT2D eigenvalue weighted by Gasteiger charge is 2.44. The standard InChI is InChI=1S/C56H109NO10/c1-3-5-7-9-11-13-15-16-17-18-19-20-21-22-23-24-25-26-27-28-29-30-31-32-33-34-36-37-39-41-43-48(59)51(61)47(46-66-56-54(64)53(63)52(62)50(45-58)67-56)57-55(65)49(60)44-42-40-38-35-14-12-10-8-6-4-2/h36-37,47-54,56,58-64H,3-35,38-46H2,1-2H3,(H,57,65)/b37-36+. The molecule has 0 bridgehead atoms. The smallest absolute Gasteiger partial charge is 0.249 e. The zero-order valence-electron chi connectivity index (χ0n) is 43.4. The Balaban J connectivity index is 2.22. The lowest BCUT2D eigenvalue weighted by atomic mass is 9.98. The molecule has 0 aliphatic carbocycles. The van der Waals surface area contributed by atoms with Crippen LogP contribution in [0, 0.1) is 0 Å². The molecule has 11 nitrogen and oxygen atoms in total. The van der Waals surface area contributed by atoms with Gasteiger partial charge in [0.2, 0.25) is 5.91 Å². The first kappa shape index (κ1) is 63.9. The van der Waals surface area contributed by atoms with E-state index in [0.29, 0.717) is 12.8 Å². The van der Waals surface area contributed by atoms with E-state index in [1.54, 1.807) is 0 Å². The zero-order chi connectivity index (χ0) is 49.0. The van der Waals surface area contributed by atoms with E-state index < -0.39 is 74.2 Å². The van der Waals surface area contributed by atoms with Gasteiger partial charge in [-0.25, -0.2) is 0 Å². The maximum Gasteiger partial charge on any atom is 0.249 e. The van der Waals surface area contributed by atoms with Gasteiger partial charge in [-0.1, -0.05) is 244 Å². The fraction of sp³-hybridized carbons (Fsp3) is 0.946. The molecule has 8 N–H and O–H groups in total. The molecule has 0 aromatic heterocycles. The summed E-state index contributed by atoms with van der Waals surface area (Å²) in [4.78, 5) is 13.1. The average Bonchev–Trinajstić information content (AvgIpc) is 3.33. The number of amides is 1. The van der Waals surface area contributed by atoms with Crippen molar-refractivity contribution in [1.29, 1.82) is 0 Å². The minimum atomic E-state index is -1.66. The molecule has 1 saturated heterocycles. The molecule has 1 amide bonds. The average molecular weight is 956 g/mol. The van der Waals surface area contributed by atoms with Crippen molar-refractivity contribution < 1.29 is 50.0 Å². The Bertz CT molecular complexity index is 1100. The first-order chi connectivity index (χ1) is 32.7. The van der Waals surface area contributed by atoms with Crippen LogP contribution in [0.15, 0.2) is 12.2 Å². The minimum Gasteiger partial charge on any atom is -0.394 e. The Labute approximate surface area is 411 Å². The van der Waals surface area contributed by atoms with Crippen molar-refractivity contribution in [2.24, 2.45) is 0 Å². The maximum absolute atomic E-state index is 13.1. The summed E-state index contributed by atoms with van der Waals surface area (Å²) in [7, 11) is 0. The van der Waals surface area contributed by atoms with Crippen LogP contribution in [0.3, 0.4) is 0 Å². The second-order valence-corrected chi connectivity index (χ2v) is 20.4. The SMILES string of the molecule is CCCCCCCCCCCCCCCCCCCCCCCCCCC/C=C/CCCC(O)C(O)C(COC1OC(CO)C(O)C(O)C1O)NC(=O)C(O)CCCCCCCCCCCC. The highest BCUT2D eigenvalue weighted by Crippen LogP contribution is 2.23. The fourth-order valence-electron chi connectivity index (χ4n) is 9.39. The third-order valence-electron chi connectivity index (χ3n) is 14.1. The quantitative estimate of drug-likeness (QED) is 0.0215. The Morgan fingerprint density at radius 2 is 0.881 bits per heavy atom. The van der Waals surface area contributed by atoms with Gasteiger partial charge in [0, 0.05) is 0 Å². The number of carbonyl (C=O) groups is 1. The van der Waals surface area contributed by atoms with Crippen molar-refractivity contribution in [3.05, 3.63) is 12.2 Å². The highest BCUT2D eigenvalue weighted by molar-refractivity contribution is 5.80. The van der Waals surface area contributed by atoms with Crippen LogP contribution in [0.2, 0.25) is 0 Å². The molecule has 9 unspecified atom stereocenters. The molecule has 1 rings (SSSR count). The fourth-order valence-corrected chi connectivity index (χ4v) is 9.39. The lowest BCUT2D eigenvalue weighted by Crippen LogP contribution is -2.60. The molecule has 0 spiro atoms. The normalized spacial score (nSPS) is 20.6. The molecule has 0 aromatic carbocycles. The summed E-state index contributed by atoms with van der Waals surface area (Å²) in [5.74, 6) is -0.705. The van der Waals surface area contributed by atoms with Crippen LogP contribution < -0.4 is 5.32 Å². The molecule has 1 aliphatic heterocycles. The lowest BCUT2D eigenvalue weighted by Gasteiger charge is -2.40. The van der Waals surface area contributed by atoms with Crippen molar-refractivity contribution in [2.75, 3.05) is 13.2 Å². The molecule has 9 atom stereocenters. The molecule has 1 aliphatic rings. The summed E-state index contributed by atoms with van der Waals surface area (Å²) in [6.07, 6.45) is 41.6. The number of allylic oxidation sites excluding steroid dienone is 2. The van der Waals surface area contributed by atoms with Gasteiger partial charge in [0.1, 0.15) is 36.6 Å². The number of unbranched alkanes of at least 4 members (excludes halogenated alkanes) is 35. The van der Waals surface area contributed by atoms with E-state index in [2.05, 4.69) is 31.3 Å². The van der Waals surface area contributed by atoms with Gasteiger partial charge in [-0.05, 0) is 38.5 Å². The Kier molecular flexibility index (Phi) is 43.8. The van der Waals surface area contributed by atoms with E-state index in [4.69, 9.17) is 9.47 Å². The van der Waals surface area contributed by atoms with Gasteiger partial charge in [-0.15, -0.1) is 0 Å². The molecule has 398 valence electrons. The van der Waals surface area contributed by atoms with Gasteiger partial charge in [0.05, 0.1) is 25.4 Å². The van der Waals surface area contributed by atoms with E-state index in [1.165, 1.54) is 193 Å². The van der Waals surface area contributed by atoms with Crippen LogP contribution in [-0.4, -0.2) is 110 Å². The summed E-state index contributed by atoms with van der Waals surface area (Å²) < 4.78 is 11.1. The topological polar surface area (TPSA) is 189 Å². The predicted octanol–water partition coefficient (Wildman–Crippen LogP) is 11.6. The summed E-state index contributed by atoms with van der Waals surface area (Å²) in [6, 6.07) is -1.18. The van der Waals surface area contributed by atoms with Crippen LogP contribution in [-0.2, 0) is 14.3 Å². The van der Waals surface area contributed by atoms with Crippen LogP contribution in [0.25, 0.3) is 0 Å². The largest absolute Gasteiger partial charge is 0.394 e. The van der Waals surface area contributed by atoms with Crippen molar-refractivity contribution in [3.8, 4) is 0 Å². The summed E-state index contributed by atoms with van der Waals surface area (Å²) in [5, 5.41) is 75.8. The van der Waals surface area contributed by atoms with E-state index in [1.807, 2.05) is 0 Å². The van der Waals surface area contributed by atoms with Crippen molar-refractivity contribution >= 4 is 5.91 Å². The molecular formula is C56H109NO10. The molecule has 67 heavy (non-hydrogen) atoms. The number of nitrogens with one attached hydrogen (secondary N) is 1. The zero-order valence-corrected chi connectivity index (χ0v) is 43.4. The third kappa shape index (κ3) is 34.8. The summed E-state index contributed by atoms with van der Waals surface area (Å²) >= 11 is 0. The monoisotopic (exact) mass is 956 g/mol. The summed E-state index contributed by atoms with van der Waals surface area (Å²) in [6.45, 7) is 3.43.